The molecule has 0 unspecified atom stereocenters. The van der Waals surface area contributed by atoms with Crippen molar-refractivity contribution in [3.63, 3.8) is 0 Å². The lowest BCUT2D eigenvalue weighted by molar-refractivity contribution is -0.136. The van der Waals surface area contributed by atoms with Crippen molar-refractivity contribution >= 4 is 43.4 Å². The molecule has 0 bridgehead atoms. The van der Waals surface area contributed by atoms with Crippen molar-refractivity contribution < 1.29 is 18.3 Å². The highest BCUT2D eigenvalue weighted by molar-refractivity contribution is 7.93. The highest BCUT2D eigenvalue weighted by Gasteiger charge is 2.20. The second kappa shape index (κ2) is 5.94. The van der Waals surface area contributed by atoms with Gasteiger partial charge in [0.15, 0.2) is 5.13 Å². The Morgan fingerprint density at radius 3 is 2.83 bits per heavy atom. The lowest BCUT2D eigenvalue weighted by Crippen LogP contribution is -2.13. The molecule has 0 atom stereocenters. The van der Waals surface area contributed by atoms with Crippen LogP contribution in [0.25, 0.3) is 10.9 Å². The van der Waals surface area contributed by atoms with Gasteiger partial charge in [0.1, 0.15) is 4.90 Å². The minimum absolute atomic E-state index is 0.0468. The Morgan fingerprint density at radius 1 is 1.26 bits per heavy atom. The van der Waals surface area contributed by atoms with E-state index in [0.29, 0.717) is 16.6 Å². The van der Waals surface area contributed by atoms with Gasteiger partial charge in [-0.1, -0.05) is 18.2 Å². The smallest absolute Gasteiger partial charge is 0.309 e. The fraction of sp³-hybridized carbons (Fsp3) is 0.0714. The largest absolute Gasteiger partial charge is 0.481 e. The summed E-state index contributed by atoms with van der Waals surface area (Å²) >= 11 is 1.03. The van der Waals surface area contributed by atoms with Crippen LogP contribution in [0.15, 0.2) is 46.8 Å². The SMILES string of the molecule is O=C(O)Cc1csc(NS(=O)(=O)c2cccc3cccnc23)n1. The number of aliphatic carboxylic acids is 1. The number of thiazole rings is 1. The summed E-state index contributed by atoms with van der Waals surface area (Å²) in [5, 5.41) is 11.1. The molecule has 2 N–H and O–H groups in total. The molecule has 0 aliphatic rings. The van der Waals surface area contributed by atoms with Crippen LogP contribution in [0.2, 0.25) is 0 Å². The molecule has 0 spiro atoms. The number of pyridine rings is 1. The number of aromatic nitrogens is 2. The molecule has 2 aromatic heterocycles. The molecule has 7 nitrogen and oxygen atoms in total. The Bertz CT molecular complexity index is 977. The van der Waals surface area contributed by atoms with Crippen LogP contribution in [-0.2, 0) is 21.2 Å². The van der Waals surface area contributed by atoms with Gasteiger partial charge in [0.05, 0.1) is 17.6 Å². The highest BCUT2D eigenvalue weighted by atomic mass is 32.2. The fourth-order valence-electron chi connectivity index (χ4n) is 2.05. The zero-order valence-corrected chi connectivity index (χ0v) is 13.3. The number of nitrogens with zero attached hydrogens (tertiary/aromatic N) is 2. The number of sulfonamides is 1. The minimum Gasteiger partial charge on any atom is -0.481 e. The van der Waals surface area contributed by atoms with Crippen LogP contribution in [-0.4, -0.2) is 29.5 Å². The summed E-state index contributed by atoms with van der Waals surface area (Å²) in [6, 6.07) is 8.37. The van der Waals surface area contributed by atoms with E-state index in [1.54, 1.807) is 24.3 Å². The van der Waals surface area contributed by atoms with E-state index in [-0.39, 0.29) is 16.4 Å². The maximum atomic E-state index is 12.5. The van der Waals surface area contributed by atoms with Crippen molar-refractivity contribution in [1.29, 1.82) is 0 Å². The molecule has 23 heavy (non-hydrogen) atoms. The van der Waals surface area contributed by atoms with Crippen LogP contribution in [0.5, 0.6) is 0 Å². The van der Waals surface area contributed by atoms with Gasteiger partial charge in [-0.15, -0.1) is 11.3 Å². The first kappa shape index (κ1) is 15.4. The van der Waals surface area contributed by atoms with Crippen LogP contribution in [0.1, 0.15) is 5.69 Å². The molecule has 0 amide bonds. The molecule has 118 valence electrons. The molecule has 0 radical (unpaired) electrons. The van der Waals surface area contributed by atoms with E-state index < -0.39 is 16.0 Å². The number of benzene rings is 1. The number of fused-ring (bicyclic) bond motifs is 1. The van der Waals surface area contributed by atoms with Gasteiger partial charge >= 0.3 is 5.97 Å². The Balaban J connectivity index is 1.95. The minimum atomic E-state index is -3.87. The number of carbonyl (C=O) groups is 1. The summed E-state index contributed by atoms with van der Waals surface area (Å²) < 4.78 is 27.5. The summed E-state index contributed by atoms with van der Waals surface area (Å²) in [4.78, 5) is 18.8. The standard InChI is InChI=1S/C14H11N3O4S2/c18-12(19)7-10-8-22-14(16-10)17-23(20,21)11-5-1-3-9-4-2-6-15-13(9)11/h1-6,8H,7H2,(H,16,17)(H,18,19). The molecule has 3 aromatic rings. The number of nitrogens with one attached hydrogen (secondary N) is 1. The van der Waals surface area contributed by atoms with Crippen molar-refractivity contribution in [3.8, 4) is 0 Å². The number of rotatable bonds is 5. The van der Waals surface area contributed by atoms with Gasteiger partial charge < -0.3 is 5.11 Å². The fourth-order valence-corrected chi connectivity index (χ4v) is 4.20. The predicted molar refractivity (Wildman–Crippen MR) is 86.0 cm³/mol. The summed E-state index contributed by atoms with van der Waals surface area (Å²) in [6.45, 7) is 0. The number of carboxylic acids is 1. The number of hydrogen-bond donors (Lipinski definition) is 2. The summed E-state index contributed by atoms with van der Waals surface area (Å²) in [6.07, 6.45) is 1.27. The summed E-state index contributed by atoms with van der Waals surface area (Å²) in [5.74, 6) is -1.03. The monoisotopic (exact) mass is 349 g/mol. The van der Waals surface area contributed by atoms with Gasteiger partial charge in [-0.25, -0.2) is 13.4 Å². The van der Waals surface area contributed by atoms with E-state index in [1.807, 2.05) is 0 Å². The van der Waals surface area contributed by atoms with Crippen molar-refractivity contribution in [2.24, 2.45) is 0 Å². The maximum absolute atomic E-state index is 12.5. The van der Waals surface area contributed by atoms with Crippen LogP contribution < -0.4 is 4.72 Å². The second-order valence-corrected chi connectivity index (χ2v) is 7.16. The van der Waals surface area contributed by atoms with E-state index in [0.717, 1.165) is 11.3 Å². The maximum Gasteiger partial charge on any atom is 0.309 e. The average molecular weight is 349 g/mol. The third kappa shape index (κ3) is 3.30. The number of para-hydroxylation sites is 1. The lowest BCUT2D eigenvalue weighted by Gasteiger charge is -2.07. The number of anilines is 1. The molecule has 0 fully saturated rings. The predicted octanol–water partition coefficient (Wildman–Crippen LogP) is 2.12. The van der Waals surface area contributed by atoms with Crippen LogP contribution in [0.4, 0.5) is 5.13 Å². The van der Waals surface area contributed by atoms with E-state index in [9.17, 15) is 13.2 Å². The number of carboxylic acid groups (broad SMARTS) is 1. The molecule has 0 aliphatic heterocycles. The molecule has 2 heterocycles. The lowest BCUT2D eigenvalue weighted by atomic mass is 10.2. The van der Waals surface area contributed by atoms with Crippen molar-refractivity contribution in [2.75, 3.05) is 4.72 Å². The Kier molecular flexibility index (Phi) is 3.97. The highest BCUT2D eigenvalue weighted by Crippen LogP contribution is 2.24. The van der Waals surface area contributed by atoms with Gasteiger partial charge in [-0.2, -0.15) is 0 Å². The third-order valence-corrected chi connectivity index (χ3v) is 5.30. The molecule has 0 saturated carbocycles. The zero-order valence-electron chi connectivity index (χ0n) is 11.6. The normalized spacial score (nSPS) is 11.5. The van der Waals surface area contributed by atoms with Gasteiger partial charge in [0, 0.05) is 17.0 Å². The van der Waals surface area contributed by atoms with E-state index in [2.05, 4.69) is 14.7 Å². The van der Waals surface area contributed by atoms with Crippen molar-refractivity contribution in [1.82, 2.24) is 9.97 Å². The average Bonchev–Trinajstić information content (AvgIpc) is 2.92. The first-order valence-corrected chi connectivity index (χ1v) is 8.85. The first-order valence-electron chi connectivity index (χ1n) is 6.48. The molecular formula is C14H11N3O4S2. The Hall–Kier alpha value is -2.52. The van der Waals surface area contributed by atoms with Crippen LogP contribution in [0, 0.1) is 0 Å². The van der Waals surface area contributed by atoms with Crippen LogP contribution in [0.3, 0.4) is 0 Å². The number of hydrogen-bond acceptors (Lipinski definition) is 6. The zero-order chi connectivity index (χ0) is 16.4. The first-order chi connectivity index (χ1) is 11.0. The van der Waals surface area contributed by atoms with E-state index in [4.69, 9.17) is 5.11 Å². The summed E-state index contributed by atoms with van der Waals surface area (Å²) in [5.41, 5.74) is 0.668. The molecule has 9 heteroatoms. The van der Waals surface area contributed by atoms with E-state index in [1.165, 1.54) is 17.6 Å². The third-order valence-electron chi connectivity index (χ3n) is 2.99. The topological polar surface area (TPSA) is 109 Å². The van der Waals surface area contributed by atoms with Gasteiger partial charge in [-0.3, -0.25) is 14.5 Å². The molecule has 0 aliphatic carbocycles. The van der Waals surface area contributed by atoms with Crippen LogP contribution >= 0.6 is 11.3 Å². The quantitative estimate of drug-likeness (QED) is 0.730. The molecule has 3 rings (SSSR count). The molecular weight excluding hydrogens is 338 g/mol. The Morgan fingerprint density at radius 2 is 2.04 bits per heavy atom. The summed E-state index contributed by atoms with van der Waals surface area (Å²) in [7, 11) is -3.87. The van der Waals surface area contributed by atoms with Gasteiger partial charge in [0.2, 0.25) is 0 Å². The van der Waals surface area contributed by atoms with Gasteiger partial charge in [0.25, 0.3) is 10.0 Å². The molecule has 0 saturated heterocycles. The van der Waals surface area contributed by atoms with Crippen molar-refractivity contribution in [3.05, 3.63) is 47.6 Å². The van der Waals surface area contributed by atoms with Gasteiger partial charge in [-0.05, 0) is 12.1 Å². The van der Waals surface area contributed by atoms with E-state index >= 15 is 0 Å². The van der Waals surface area contributed by atoms with Crippen molar-refractivity contribution in [2.45, 2.75) is 11.3 Å². The Labute approximate surface area is 135 Å². The second-order valence-electron chi connectivity index (χ2n) is 4.65. The molecule has 1 aromatic carbocycles.